The lowest BCUT2D eigenvalue weighted by atomic mass is 9.96. The number of H-pyrrole nitrogens is 1. The highest BCUT2D eigenvalue weighted by Crippen LogP contribution is 2.30. The Morgan fingerprint density at radius 2 is 1.97 bits per heavy atom. The Balaban J connectivity index is 1.46. The van der Waals surface area contributed by atoms with Gasteiger partial charge in [0.2, 0.25) is 0 Å². The lowest BCUT2D eigenvalue weighted by Gasteiger charge is -2.27. The third-order valence-corrected chi connectivity index (χ3v) is 6.46. The fraction of sp³-hybridized carbons (Fsp3) is 0.571. The van der Waals surface area contributed by atoms with Crippen molar-refractivity contribution in [3.63, 3.8) is 0 Å². The summed E-state index contributed by atoms with van der Waals surface area (Å²) in [4.78, 5) is 15.4. The van der Waals surface area contributed by atoms with Crippen LogP contribution >= 0.6 is 0 Å². The first kappa shape index (κ1) is 19.0. The van der Waals surface area contributed by atoms with Crippen LogP contribution in [0.15, 0.2) is 6.33 Å². The first-order chi connectivity index (χ1) is 14.7. The number of amides is 1. The van der Waals surface area contributed by atoms with E-state index in [0.717, 1.165) is 72.7 Å². The molecule has 2 aliphatic rings. The van der Waals surface area contributed by atoms with Gasteiger partial charge in [0.25, 0.3) is 5.91 Å². The molecule has 0 fully saturated rings. The quantitative estimate of drug-likeness (QED) is 0.717. The Bertz CT molecular complexity index is 1080. The van der Waals surface area contributed by atoms with Gasteiger partial charge >= 0.3 is 0 Å². The van der Waals surface area contributed by atoms with Gasteiger partial charge in [-0.3, -0.25) is 14.6 Å². The number of carbonyl (C=O) groups is 1. The number of nitrogens with one attached hydrogen (secondary N) is 1. The number of aromatic nitrogens is 7. The van der Waals surface area contributed by atoms with Crippen LogP contribution in [0, 0.1) is 0 Å². The van der Waals surface area contributed by atoms with Crippen LogP contribution in [-0.2, 0) is 39.4 Å². The first-order valence-corrected chi connectivity index (χ1v) is 11.0. The molecule has 1 aliphatic carbocycles. The summed E-state index contributed by atoms with van der Waals surface area (Å²) in [5.41, 5.74) is 5.94. The summed E-state index contributed by atoms with van der Waals surface area (Å²) >= 11 is 0. The monoisotopic (exact) mass is 408 g/mol. The molecule has 9 nitrogen and oxygen atoms in total. The van der Waals surface area contributed by atoms with Gasteiger partial charge in [-0.1, -0.05) is 12.8 Å². The molecule has 5 rings (SSSR count). The van der Waals surface area contributed by atoms with Crippen LogP contribution in [0.3, 0.4) is 0 Å². The van der Waals surface area contributed by atoms with E-state index < -0.39 is 0 Å². The zero-order valence-corrected chi connectivity index (χ0v) is 17.7. The van der Waals surface area contributed by atoms with Gasteiger partial charge in [-0.05, 0) is 32.6 Å². The highest BCUT2D eigenvalue weighted by Gasteiger charge is 2.31. The van der Waals surface area contributed by atoms with Crippen LogP contribution in [0.4, 0.5) is 0 Å². The number of aryl methyl sites for hydroxylation is 3. The van der Waals surface area contributed by atoms with Gasteiger partial charge < -0.3 is 9.47 Å². The van der Waals surface area contributed by atoms with Crippen LogP contribution < -0.4 is 0 Å². The molecule has 0 atom stereocenters. The van der Waals surface area contributed by atoms with Gasteiger partial charge in [0.05, 0.1) is 6.54 Å². The van der Waals surface area contributed by atoms with Crippen LogP contribution in [0.5, 0.6) is 0 Å². The van der Waals surface area contributed by atoms with Crippen molar-refractivity contribution in [3.05, 3.63) is 34.5 Å². The fourth-order valence-electron chi connectivity index (χ4n) is 4.78. The summed E-state index contributed by atoms with van der Waals surface area (Å²) in [5, 5.41) is 20.7. The molecule has 0 unspecified atom stereocenters. The minimum Gasteiger partial charge on any atom is -0.332 e. The Morgan fingerprint density at radius 1 is 1.13 bits per heavy atom. The molecular weight excluding hydrogens is 380 g/mol. The number of rotatable bonds is 3. The molecule has 3 aromatic heterocycles. The number of hydrogen-bond donors (Lipinski definition) is 1. The van der Waals surface area contributed by atoms with E-state index in [1.165, 1.54) is 12.8 Å². The fourth-order valence-corrected chi connectivity index (χ4v) is 4.78. The predicted octanol–water partition coefficient (Wildman–Crippen LogP) is 2.28. The maximum absolute atomic E-state index is 13.5. The Labute approximate surface area is 175 Å². The third kappa shape index (κ3) is 3.12. The Morgan fingerprint density at radius 3 is 2.80 bits per heavy atom. The SMILES string of the molecule is CCn1cnnc1-c1nn(C)c2c1CN(C(=O)c1n[nH]c3c1CCCCCC3)CC2. The van der Waals surface area contributed by atoms with Crippen LogP contribution in [0.2, 0.25) is 0 Å². The summed E-state index contributed by atoms with van der Waals surface area (Å²) in [6, 6.07) is 0. The van der Waals surface area contributed by atoms with E-state index in [2.05, 4.69) is 27.3 Å². The summed E-state index contributed by atoms with van der Waals surface area (Å²) in [7, 11) is 1.96. The van der Waals surface area contributed by atoms with Crippen LogP contribution in [0.25, 0.3) is 11.5 Å². The van der Waals surface area contributed by atoms with Crippen molar-refractivity contribution in [1.82, 2.24) is 39.6 Å². The highest BCUT2D eigenvalue weighted by molar-refractivity contribution is 5.94. The average Bonchev–Trinajstić information content (AvgIpc) is 3.44. The molecule has 158 valence electrons. The molecule has 3 aromatic rings. The van der Waals surface area contributed by atoms with Gasteiger partial charge in [0.1, 0.15) is 12.0 Å². The Kier molecular flexibility index (Phi) is 4.88. The van der Waals surface area contributed by atoms with E-state index in [9.17, 15) is 4.79 Å². The van der Waals surface area contributed by atoms with Crippen molar-refractivity contribution in [1.29, 1.82) is 0 Å². The second kappa shape index (κ2) is 7.70. The van der Waals surface area contributed by atoms with Crippen molar-refractivity contribution < 1.29 is 4.79 Å². The maximum Gasteiger partial charge on any atom is 0.274 e. The third-order valence-electron chi connectivity index (χ3n) is 6.46. The second-order valence-electron chi connectivity index (χ2n) is 8.26. The van der Waals surface area contributed by atoms with Gasteiger partial charge in [0, 0.05) is 49.1 Å². The zero-order valence-electron chi connectivity index (χ0n) is 17.7. The molecule has 0 saturated heterocycles. The van der Waals surface area contributed by atoms with E-state index in [1.54, 1.807) is 6.33 Å². The lowest BCUT2D eigenvalue weighted by molar-refractivity contribution is 0.0726. The molecular formula is C21H28N8O. The minimum atomic E-state index is 0.0190. The van der Waals surface area contributed by atoms with E-state index in [1.807, 2.05) is 21.2 Å². The summed E-state index contributed by atoms with van der Waals surface area (Å²) in [5.74, 6) is 0.777. The van der Waals surface area contributed by atoms with Gasteiger partial charge in [-0.15, -0.1) is 10.2 Å². The topological polar surface area (TPSA) is 97.5 Å². The summed E-state index contributed by atoms with van der Waals surface area (Å²) in [6.45, 7) is 4.03. The average molecular weight is 409 g/mol. The molecule has 1 aliphatic heterocycles. The molecule has 0 saturated carbocycles. The smallest absolute Gasteiger partial charge is 0.274 e. The molecule has 0 radical (unpaired) electrons. The molecule has 30 heavy (non-hydrogen) atoms. The van der Waals surface area contributed by atoms with Crippen LogP contribution in [0.1, 0.15) is 65.6 Å². The van der Waals surface area contributed by atoms with E-state index in [-0.39, 0.29) is 5.91 Å². The molecule has 1 N–H and O–H groups in total. The number of fused-ring (bicyclic) bond motifs is 2. The van der Waals surface area contributed by atoms with Crippen molar-refractivity contribution in [3.8, 4) is 11.5 Å². The molecule has 9 heteroatoms. The Hall–Kier alpha value is -2.97. The van der Waals surface area contributed by atoms with Crippen molar-refractivity contribution in [2.24, 2.45) is 7.05 Å². The van der Waals surface area contributed by atoms with Crippen molar-refractivity contribution in [2.75, 3.05) is 6.54 Å². The van der Waals surface area contributed by atoms with Gasteiger partial charge in [-0.25, -0.2) is 0 Å². The molecule has 4 heterocycles. The lowest BCUT2D eigenvalue weighted by Crippen LogP contribution is -2.37. The van der Waals surface area contributed by atoms with E-state index in [4.69, 9.17) is 5.10 Å². The standard InChI is InChI=1S/C21H28N8O/c1-3-28-13-22-25-20(28)18-15-12-29(11-10-17(15)27(2)26-18)21(30)19-14-8-6-4-5-7-9-16(14)23-24-19/h13H,3-12H2,1-2H3,(H,23,24). The number of aromatic amines is 1. The molecule has 1 amide bonds. The van der Waals surface area contributed by atoms with E-state index in [0.29, 0.717) is 18.8 Å². The van der Waals surface area contributed by atoms with Crippen molar-refractivity contribution >= 4 is 5.91 Å². The van der Waals surface area contributed by atoms with Crippen molar-refractivity contribution in [2.45, 2.75) is 65.0 Å². The maximum atomic E-state index is 13.5. The number of hydrogen-bond acceptors (Lipinski definition) is 5. The normalized spacial score (nSPS) is 16.7. The predicted molar refractivity (Wildman–Crippen MR) is 111 cm³/mol. The van der Waals surface area contributed by atoms with Gasteiger partial charge in [-0.2, -0.15) is 10.2 Å². The molecule has 0 aromatic carbocycles. The van der Waals surface area contributed by atoms with E-state index >= 15 is 0 Å². The second-order valence-corrected chi connectivity index (χ2v) is 8.26. The molecule has 0 bridgehead atoms. The highest BCUT2D eigenvalue weighted by atomic mass is 16.2. The first-order valence-electron chi connectivity index (χ1n) is 11.0. The molecule has 0 spiro atoms. The zero-order chi connectivity index (χ0) is 20.7. The minimum absolute atomic E-state index is 0.0190. The largest absolute Gasteiger partial charge is 0.332 e. The summed E-state index contributed by atoms with van der Waals surface area (Å²) in [6.07, 6.45) is 9.18. The summed E-state index contributed by atoms with van der Waals surface area (Å²) < 4.78 is 3.91. The number of carbonyl (C=O) groups excluding carboxylic acids is 1. The van der Waals surface area contributed by atoms with Gasteiger partial charge in [0.15, 0.2) is 11.5 Å². The van der Waals surface area contributed by atoms with Crippen LogP contribution in [-0.4, -0.2) is 52.1 Å². The number of nitrogens with zero attached hydrogens (tertiary/aromatic N) is 7.